The molecular weight excluding hydrogens is 498 g/mol. The van der Waals surface area contributed by atoms with Gasteiger partial charge in [0.1, 0.15) is 0 Å². The van der Waals surface area contributed by atoms with Crippen molar-refractivity contribution in [2.24, 2.45) is 0 Å². The lowest BCUT2D eigenvalue weighted by atomic mass is 9.88. The van der Waals surface area contributed by atoms with Crippen LogP contribution in [0.4, 0.5) is 0 Å². The Morgan fingerprint density at radius 3 is 1.56 bits per heavy atom. The predicted molar refractivity (Wildman–Crippen MR) is 173 cm³/mol. The maximum Gasteiger partial charge on any atom is 0.263 e. The molecule has 0 saturated heterocycles. The Kier molecular flexibility index (Phi) is 4.51. The molecule has 9 rings (SSSR count). The number of nitrogens with zero attached hydrogens (tertiary/aromatic N) is 1. The van der Waals surface area contributed by atoms with Crippen LogP contribution in [0, 0.1) is 0 Å². The summed E-state index contributed by atoms with van der Waals surface area (Å²) >= 11 is 0. The van der Waals surface area contributed by atoms with E-state index in [-0.39, 0.29) is 5.56 Å². The molecule has 9 aromatic rings. The Hall–Kier alpha value is -5.47. The Morgan fingerprint density at radius 1 is 0.415 bits per heavy atom. The molecule has 2 aromatic heterocycles. The van der Waals surface area contributed by atoms with Crippen molar-refractivity contribution < 1.29 is 0 Å². The van der Waals surface area contributed by atoms with Gasteiger partial charge < -0.3 is 0 Å². The van der Waals surface area contributed by atoms with Crippen molar-refractivity contribution in [3.63, 3.8) is 0 Å². The molecule has 0 bridgehead atoms. The van der Waals surface area contributed by atoms with Gasteiger partial charge in [0.05, 0.1) is 11.0 Å². The van der Waals surface area contributed by atoms with E-state index in [1.54, 1.807) is 0 Å². The zero-order valence-electron chi connectivity index (χ0n) is 22.1. The average molecular weight is 522 g/mol. The summed E-state index contributed by atoms with van der Waals surface area (Å²) in [5.41, 5.74) is 6.57. The molecule has 0 saturated carbocycles. The van der Waals surface area contributed by atoms with Gasteiger partial charge >= 0.3 is 0 Å². The summed E-state index contributed by atoms with van der Waals surface area (Å²) in [6.45, 7) is 0. The van der Waals surface area contributed by atoms with Gasteiger partial charge in [0.25, 0.3) is 5.56 Å². The van der Waals surface area contributed by atoms with E-state index >= 15 is 0 Å². The summed E-state index contributed by atoms with van der Waals surface area (Å²) < 4.78 is 2.00. The third-order valence-corrected chi connectivity index (χ3v) is 8.70. The predicted octanol–water partition coefficient (Wildman–Crippen LogP) is 9.84. The second-order valence-electron chi connectivity index (χ2n) is 10.8. The maximum atomic E-state index is 14.5. The number of pyridine rings is 1. The van der Waals surface area contributed by atoms with Gasteiger partial charge in [-0.25, -0.2) is 0 Å². The summed E-state index contributed by atoms with van der Waals surface area (Å²) in [6.07, 6.45) is 0. The molecule has 0 aliphatic carbocycles. The Morgan fingerprint density at radius 2 is 0.902 bits per heavy atom. The lowest BCUT2D eigenvalue weighted by molar-refractivity contribution is 1.21. The fraction of sp³-hybridized carbons (Fsp3) is 0. The first-order valence-corrected chi connectivity index (χ1v) is 14.0. The van der Waals surface area contributed by atoms with Gasteiger partial charge in [0.2, 0.25) is 0 Å². The Bertz CT molecular complexity index is 2530. The van der Waals surface area contributed by atoms with Crippen LogP contribution in [0.25, 0.3) is 81.8 Å². The average Bonchev–Trinajstić information content (AvgIpc) is 3.40. The molecule has 0 aliphatic rings. The maximum absolute atomic E-state index is 14.5. The van der Waals surface area contributed by atoms with Crippen LogP contribution in [0.5, 0.6) is 0 Å². The van der Waals surface area contributed by atoms with Crippen LogP contribution in [0.2, 0.25) is 0 Å². The molecule has 7 aromatic carbocycles. The smallest absolute Gasteiger partial charge is 0.263 e. The van der Waals surface area contributed by atoms with E-state index in [0.29, 0.717) is 0 Å². The van der Waals surface area contributed by atoms with Gasteiger partial charge in [-0.15, -0.1) is 0 Å². The summed E-state index contributed by atoms with van der Waals surface area (Å²) in [5.74, 6) is 0. The molecular formula is C39H23NO. The van der Waals surface area contributed by atoms with E-state index in [0.717, 1.165) is 60.0 Å². The monoisotopic (exact) mass is 521 g/mol. The quantitative estimate of drug-likeness (QED) is 0.164. The highest BCUT2D eigenvalue weighted by molar-refractivity contribution is 6.38. The first-order valence-electron chi connectivity index (χ1n) is 14.0. The van der Waals surface area contributed by atoms with Crippen LogP contribution < -0.4 is 5.56 Å². The molecule has 2 heterocycles. The minimum absolute atomic E-state index is 0.0247. The van der Waals surface area contributed by atoms with Crippen molar-refractivity contribution in [2.45, 2.75) is 0 Å². The zero-order chi connectivity index (χ0) is 27.1. The van der Waals surface area contributed by atoms with Crippen LogP contribution in [-0.4, -0.2) is 4.40 Å². The van der Waals surface area contributed by atoms with Crippen molar-refractivity contribution in [1.29, 1.82) is 0 Å². The Labute approximate surface area is 235 Å². The summed E-state index contributed by atoms with van der Waals surface area (Å²) in [7, 11) is 0. The minimum Gasteiger partial charge on any atom is -0.275 e. The summed E-state index contributed by atoms with van der Waals surface area (Å²) in [6, 6.07) is 48.8. The van der Waals surface area contributed by atoms with Gasteiger partial charge in [-0.1, -0.05) is 127 Å². The number of fused-ring (bicyclic) bond motifs is 9. The van der Waals surface area contributed by atoms with Crippen LogP contribution in [0.1, 0.15) is 0 Å². The lowest BCUT2D eigenvalue weighted by Crippen LogP contribution is -2.13. The minimum atomic E-state index is 0.0247. The first-order chi connectivity index (χ1) is 20.3. The van der Waals surface area contributed by atoms with Gasteiger partial charge in [0, 0.05) is 21.5 Å². The first kappa shape index (κ1) is 22.4. The van der Waals surface area contributed by atoms with Gasteiger partial charge in [-0.05, 0) is 61.3 Å². The molecule has 0 aliphatic heterocycles. The molecule has 0 fully saturated rings. The fourth-order valence-corrected chi connectivity index (χ4v) is 7.06. The summed E-state index contributed by atoms with van der Waals surface area (Å²) in [5, 5.41) is 9.84. The molecule has 0 atom stereocenters. The molecule has 0 N–H and O–H groups in total. The highest BCUT2D eigenvalue weighted by atomic mass is 16.1. The van der Waals surface area contributed by atoms with Crippen molar-refractivity contribution >= 4 is 59.5 Å². The van der Waals surface area contributed by atoms with Gasteiger partial charge in [0.15, 0.2) is 0 Å². The molecule has 0 radical (unpaired) electrons. The van der Waals surface area contributed by atoms with Crippen molar-refractivity contribution in [3.05, 3.63) is 150 Å². The molecule has 0 amide bonds. The number of hydrogen-bond donors (Lipinski definition) is 0. The largest absolute Gasteiger partial charge is 0.275 e. The van der Waals surface area contributed by atoms with Gasteiger partial charge in [-0.2, -0.15) is 0 Å². The van der Waals surface area contributed by atoms with Gasteiger partial charge in [-0.3, -0.25) is 9.20 Å². The standard InChI is InChI=1S/C39H23NO/c41-39-31-22-12-11-21-30(31)36-34(25-15-5-2-6-16-25)28-19-9-10-20-29(28)37-35-27-18-8-7-17-26(27)32(24-13-3-1-4-14-24)23-33(35)40(39)38(36)37/h1-23H. The molecule has 190 valence electrons. The van der Waals surface area contributed by atoms with Crippen molar-refractivity contribution in [1.82, 2.24) is 4.40 Å². The fourth-order valence-electron chi connectivity index (χ4n) is 7.06. The molecule has 41 heavy (non-hydrogen) atoms. The molecule has 0 spiro atoms. The number of rotatable bonds is 2. The van der Waals surface area contributed by atoms with Crippen LogP contribution in [0.3, 0.4) is 0 Å². The van der Waals surface area contributed by atoms with E-state index in [2.05, 4.69) is 115 Å². The van der Waals surface area contributed by atoms with E-state index in [1.807, 2.05) is 28.7 Å². The normalized spacial score (nSPS) is 12.0. The third kappa shape index (κ3) is 2.94. The SMILES string of the molecule is O=c1c2ccccc2c2c(-c3ccccc3)c3ccccc3c3c4c5ccccc5c(-c5ccccc5)cc4n1c23. The van der Waals surface area contributed by atoms with E-state index < -0.39 is 0 Å². The van der Waals surface area contributed by atoms with E-state index in [4.69, 9.17) is 0 Å². The molecule has 2 heteroatoms. The van der Waals surface area contributed by atoms with Crippen LogP contribution in [0.15, 0.2) is 144 Å². The number of hydrogen-bond acceptors (Lipinski definition) is 1. The topological polar surface area (TPSA) is 21.5 Å². The highest BCUT2D eigenvalue weighted by Crippen LogP contribution is 2.48. The second-order valence-corrected chi connectivity index (χ2v) is 10.8. The zero-order valence-corrected chi connectivity index (χ0v) is 22.1. The highest BCUT2D eigenvalue weighted by Gasteiger charge is 2.25. The third-order valence-electron chi connectivity index (χ3n) is 8.70. The number of aromatic nitrogens is 1. The van der Waals surface area contributed by atoms with Crippen LogP contribution in [-0.2, 0) is 0 Å². The van der Waals surface area contributed by atoms with E-state index in [1.165, 1.54) is 21.7 Å². The molecule has 0 unspecified atom stereocenters. The second kappa shape index (κ2) is 8.27. The molecule has 2 nitrogen and oxygen atoms in total. The van der Waals surface area contributed by atoms with E-state index in [9.17, 15) is 4.79 Å². The lowest BCUT2D eigenvalue weighted by Gasteiger charge is -2.15. The summed E-state index contributed by atoms with van der Waals surface area (Å²) in [4.78, 5) is 14.5. The van der Waals surface area contributed by atoms with Crippen molar-refractivity contribution in [3.8, 4) is 22.3 Å². The Balaban J connectivity index is 1.68. The van der Waals surface area contributed by atoms with Crippen LogP contribution >= 0.6 is 0 Å². The number of benzene rings is 7. The van der Waals surface area contributed by atoms with Crippen molar-refractivity contribution in [2.75, 3.05) is 0 Å².